The highest BCUT2D eigenvalue weighted by Gasteiger charge is 2.01. The van der Waals surface area contributed by atoms with E-state index in [9.17, 15) is 9.90 Å². The highest BCUT2D eigenvalue weighted by atomic mass is 16.5. The first kappa shape index (κ1) is 14.6. The van der Waals surface area contributed by atoms with Crippen molar-refractivity contribution in [1.82, 2.24) is 5.48 Å². The van der Waals surface area contributed by atoms with Crippen molar-refractivity contribution in [3.63, 3.8) is 0 Å². The number of hydroxylamine groups is 1. The maximum absolute atomic E-state index is 11.0. The molecule has 0 spiro atoms. The van der Waals surface area contributed by atoms with Gasteiger partial charge in [0.15, 0.2) is 0 Å². The topological polar surface area (TPSA) is 81.6 Å². The monoisotopic (exact) mass is 284 g/mol. The van der Waals surface area contributed by atoms with Crippen molar-refractivity contribution in [2.75, 3.05) is 5.32 Å². The predicted octanol–water partition coefficient (Wildman–Crippen LogP) is 2.52. The third-order valence-electron chi connectivity index (χ3n) is 2.89. The van der Waals surface area contributed by atoms with Gasteiger partial charge in [-0.15, -0.1) is 0 Å². The van der Waals surface area contributed by atoms with Crippen LogP contribution in [-0.4, -0.2) is 16.2 Å². The number of benzene rings is 2. The van der Waals surface area contributed by atoms with Crippen molar-refractivity contribution in [1.29, 1.82) is 0 Å². The zero-order valence-electron chi connectivity index (χ0n) is 11.3. The fourth-order valence-corrected chi connectivity index (χ4v) is 1.81. The van der Waals surface area contributed by atoms with Crippen molar-refractivity contribution >= 4 is 17.7 Å². The largest absolute Gasteiger partial charge is 0.507 e. The fourth-order valence-electron chi connectivity index (χ4n) is 1.81. The Balaban J connectivity index is 2.07. The molecule has 0 radical (unpaired) electrons. The molecule has 0 saturated heterocycles. The van der Waals surface area contributed by atoms with Crippen LogP contribution in [0.15, 0.2) is 54.6 Å². The van der Waals surface area contributed by atoms with Gasteiger partial charge in [0.25, 0.3) is 5.91 Å². The molecule has 0 unspecified atom stereocenters. The van der Waals surface area contributed by atoms with E-state index in [0.29, 0.717) is 12.1 Å². The van der Waals surface area contributed by atoms with Crippen LogP contribution in [0.4, 0.5) is 5.69 Å². The summed E-state index contributed by atoms with van der Waals surface area (Å²) < 4.78 is 0. The van der Waals surface area contributed by atoms with E-state index in [1.165, 1.54) is 11.6 Å². The standard InChI is InChI=1S/C16H16N2O3/c19-15-8-6-12(10-13(15)7-9-16(20)18-21)11-17-14-4-2-1-3-5-14/h1-10,17,19,21H,11H2,(H,18,20)/b9-7+. The third kappa shape index (κ3) is 4.36. The van der Waals surface area contributed by atoms with Gasteiger partial charge in [0, 0.05) is 23.9 Å². The summed E-state index contributed by atoms with van der Waals surface area (Å²) in [4.78, 5) is 11.0. The summed E-state index contributed by atoms with van der Waals surface area (Å²) in [5.41, 5.74) is 3.96. The van der Waals surface area contributed by atoms with Gasteiger partial charge in [-0.3, -0.25) is 10.0 Å². The highest BCUT2D eigenvalue weighted by Crippen LogP contribution is 2.20. The Morgan fingerprint density at radius 3 is 2.62 bits per heavy atom. The van der Waals surface area contributed by atoms with Gasteiger partial charge >= 0.3 is 0 Å². The fraction of sp³-hybridized carbons (Fsp3) is 0.0625. The molecular weight excluding hydrogens is 268 g/mol. The van der Waals surface area contributed by atoms with Gasteiger partial charge in [-0.2, -0.15) is 0 Å². The molecule has 0 aliphatic rings. The lowest BCUT2D eigenvalue weighted by Crippen LogP contribution is -2.14. The lowest BCUT2D eigenvalue weighted by molar-refractivity contribution is -0.124. The number of carbonyl (C=O) groups is 1. The number of carbonyl (C=O) groups excluding carboxylic acids is 1. The Labute approximate surface area is 122 Å². The summed E-state index contributed by atoms with van der Waals surface area (Å²) >= 11 is 0. The smallest absolute Gasteiger partial charge is 0.267 e. The average Bonchev–Trinajstić information content (AvgIpc) is 2.53. The van der Waals surface area contributed by atoms with Crippen molar-refractivity contribution < 1.29 is 15.1 Å². The van der Waals surface area contributed by atoms with Crippen LogP contribution in [0, 0.1) is 0 Å². The minimum Gasteiger partial charge on any atom is -0.507 e. The van der Waals surface area contributed by atoms with Crippen LogP contribution in [0.3, 0.4) is 0 Å². The van der Waals surface area contributed by atoms with Gasteiger partial charge < -0.3 is 10.4 Å². The van der Waals surface area contributed by atoms with Gasteiger partial charge in [0.05, 0.1) is 0 Å². The predicted molar refractivity (Wildman–Crippen MR) is 80.8 cm³/mol. The number of phenols is 1. The second kappa shape index (κ2) is 7.12. The van der Waals surface area contributed by atoms with E-state index in [2.05, 4.69) is 5.32 Å². The Hall–Kier alpha value is -2.79. The number of hydrogen-bond acceptors (Lipinski definition) is 4. The van der Waals surface area contributed by atoms with E-state index in [0.717, 1.165) is 17.3 Å². The second-order valence-electron chi connectivity index (χ2n) is 4.42. The summed E-state index contributed by atoms with van der Waals surface area (Å²) in [6.45, 7) is 0.595. The first-order valence-corrected chi connectivity index (χ1v) is 6.42. The van der Waals surface area contributed by atoms with Gasteiger partial charge in [0.1, 0.15) is 5.75 Å². The SMILES string of the molecule is O=C(/C=C/c1cc(CNc2ccccc2)ccc1O)NO. The Bertz CT molecular complexity index is 639. The number of rotatable bonds is 5. The van der Waals surface area contributed by atoms with Crippen LogP contribution in [0.2, 0.25) is 0 Å². The number of aromatic hydroxyl groups is 1. The Morgan fingerprint density at radius 2 is 1.90 bits per heavy atom. The molecule has 2 rings (SSSR count). The summed E-state index contributed by atoms with van der Waals surface area (Å²) in [5.74, 6) is -0.581. The molecule has 0 aliphatic carbocycles. The van der Waals surface area contributed by atoms with Crippen LogP contribution in [0.5, 0.6) is 5.75 Å². The van der Waals surface area contributed by atoms with E-state index >= 15 is 0 Å². The molecule has 4 N–H and O–H groups in total. The zero-order valence-corrected chi connectivity index (χ0v) is 11.3. The van der Waals surface area contributed by atoms with Crippen LogP contribution >= 0.6 is 0 Å². The molecule has 1 amide bonds. The van der Waals surface area contributed by atoms with E-state index in [1.807, 2.05) is 30.3 Å². The Kier molecular flexibility index (Phi) is 4.95. The molecule has 108 valence electrons. The lowest BCUT2D eigenvalue weighted by atomic mass is 10.1. The number of para-hydroxylation sites is 1. The Morgan fingerprint density at radius 1 is 1.14 bits per heavy atom. The molecule has 2 aromatic rings. The molecule has 0 aliphatic heterocycles. The molecule has 0 bridgehead atoms. The van der Waals surface area contributed by atoms with Gasteiger partial charge in [-0.1, -0.05) is 24.3 Å². The molecule has 0 atom stereocenters. The van der Waals surface area contributed by atoms with E-state index in [4.69, 9.17) is 5.21 Å². The van der Waals surface area contributed by atoms with Crippen molar-refractivity contribution in [2.45, 2.75) is 6.54 Å². The summed E-state index contributed by atoms with van der Waals surface area (Å²) in [6.07, 6.45) is 2.58. The molecule has 5 nitrogen and oxygen atoms in total. The molecule has 0 fully saturated rings. The second-order valence-corrected chi connectivity index (χ2v) is 4.42. The van der Waals surface area contributed by atoms with E-state index in [-0.39, 0.29) is 5.75 Å². The first-order valence-electron chi connectivity index (χ1n) is 6.42. The number of nitrogens with one attached hydrogen (secondary N) is 2. The summed E-state index contributed by atoms with van der Waals surface area (Å²) in [5, 5.41) is 21.4. The van der Waals surface area contributed by atoms with Crippen molar-refractivity contribution in [3.05, 3.63) is 65.7 Å². The van der Waals surface area contributed by atoms with E-state index in [1.54, 1.807) is 18.2 Å². The van der Waals surface area contributed by atoms with Crippen LogP contribution in [0.25, 0.3) is 6.08 Å². The number of amides is 1. The average molecular weight is 284 g/mol. The van der Waals surface area contributed by atoms with Crippen LogP contribution in [0.1, 0.15) is 11.1 Å². The summed E-state index contributed by atoms with van der Waals surface area (Å²) in [7, 11) is 0. The van der Waals surface area contributed by atoms with Crippen LogP contribution < -0.4 is 10.8 Å². The number of phenolic OH excluding ortho intramolecular Hbond substituents is 1. The highest BCUT2D eigenvalue weighted by molar-refractivity contribution is 5.91. The molecule has 5 heteroatoms. The molecule has 21 heavy (non-hydrogen) atoms. The molecule has 0 saturated carbocycles. The molecule has 0 heterocycles. The maximum Gasteiger partial charge on any atom is 0.267 e. The molecule has 2 aromatic carbocycles. The van der Waals surface area contributed by atoms with Gasteiger partial charge in [0.2, 0.25) is 0 Å². The minimum absolute atomic E-state index is 0.0699. The quantitative estimate of drug-likeness (QED) is 0.386. The van der Waals surface area contributed by atoms with Gasteiger partial charge in [-0.25, -0.2) is 5.48 Å². The normalized spacial score (nSPS) is 10.5. The lowest BCUT2D eigenvalue weighted by Gasteiger charge is -2.08. The van der Waals surface area contributed by atoms with Crippen LogP contribution in [-0.2, 0) is 11.3 Å². The molecular formula is C16H16N2O3. The zero-order chi connectivity index (χ0) is 15.1. The molecule has 0 aromatic heterocycles. The van der Waals surface area contributed by atoms with Gasteiger partial charge in [-0.05, 0) is 35.9 Å². The maximum atomic E-state index is 11.0. The van der Waals surface area contributed by atoms with Crippen molar-refractivity contribution in [2.24, 2.45) is 0 Å². The number of hydrogen-bond donors (Lipinski definition) is 4. The van der Waals surface area contributed by atoms with E-state index < -0.39 is 5.91 Å². The first-order chi connectivity index (χ1) is 10.2. The number of anilines is 1. The summed E-state index contributed by atoms with van der Waals surface area (Å²) in [6, 6.07) is 14.9. The third-order valence-corrected chi connectivity index (χ3v) is 2.89. The minimum atomic E-state index is -0.651. The van der Waals surface area contributed by atoms with Crippen molar-refractivity contribution in [3.8, 4) is 5.75 Å².